The van der Waals surface area contributed by atoms with Gasteiger partial charge in [0.15, 0.2) is 0 Å². The Morgan fingerprint density at radius 1 is 1.41 bits per heavy atom. The smallest absolute Gasteiger partial charge is 0.240 e. The number of nitrogens with one attached hydrogen (secondary N) is 1. The minimum atomic E-state index is 0.0156. The molecule has 0 aromatic carbocycles. The van der Waals surface area contributed by atoms with Gasteiger partial charge < -0.3 is 10.2 Å². The average Bonchev–Trinajstić information content (AvgIpc) is 2.64. The van der Waals surface area contributed by atoms with Crippen molar-refractivity contribution in [2.24, 2.45) is 0 Å². The van der Waals surface area contributed by atoms with E-state index in [1.165, 1.54) is 0 Å². The molecule has 3 nitrogen and oxygen atoms in total. The molecule has 98 valence electrons. The fourth-order valence-electron chi connectivity index (χ4n) is 2.75. The van der Waals surface area contributed by atoms with Gasteiger partial charge in [-0.05, 0) is 40.0 Å². The molecule has 4 heteroatoms. The Morgan fingerprint density at radius 2 is 2.12 bits per heavy atom. The fourth-order valence-corrected chi connectivity index (χ4v) is 4.33. The maximum Gasteiger partial charge on any atom is 0.240 e. The first-order valence-corrected chi connectivity index (χ1v) is 7.68. The molecule has 2 aliphatic heterocycles. The van der Waals surface area contributed by atoms with Gasteiger partial charge in [-0.3, -0.25) is 4.79 Å². The number of hydrogen-bond donors (Lipinski definition) is 1. The van der Waals surface area contributed by atoms with E-state index in [4.69, 9.17) is 0 Å². The van der Waals surface area contributed by atoms with Gasteiger partial charge in [0, 0.05) is 17.3 Å². The van der Waals surface area contributed by atoms with Gasteiger partial charge in [-0.15, -0.1) is 11.8 Å². The van der Waals surface area contributed by atoms with Gasteiger partial charge in [-0.25, -0.2) is 0 Å². The Labute approximate surface area is 109 Å². The summed E-state index contributed by atoms with van der Waals surface area (Å²) in [4.78, 5) is 14.7. The lowest BCUT2D eigenvalue weighted by Crippen LogP contribution is -2.58. The van der Waals surface area contributed by atoms with Crippen molar-refractivity contribution in [1.82, 2.24) is 10.2 Å². The zero-order valence-corrected chi connectivity index (χ0v) is 12.1. The van der Waals surface area contributed by atoms with Crippen LogP contribution >= 0.6 is 11.8 Å². The van der Waals surface area contributed by atoms with Crippen molar-refractivity contribution in [3.05, 3.63) is 0 Å². The molecule has 1 N–H and O–H groups in total. The summed E-state index contributed by atoms with van der Waals surface area (Å²) in [5.74, 6) is 1.45. The van der Waals surface area contributed by atoms with Gasteiger partial charge in [-0.1, -0.05) is 6.92 Å². The van der Waals surface area contributed by atoms with Crippen LogP contribution < -0.4 is 5.32 Å². The van der Waals surface area contributed by atoms with E-state index < -0.39 is 0 Å². The van der Waals surface area contributed by atoms with Crippen molar-refractivity contribution in [1.29, 1.82) is 0 Å². The van der Waals surface area contributed by atoms with Crippen LogP contribution in [0.3, 0.4) is 0 Å². The molecular formula is C13H24N2OS. The molecule has 0 aromatic rings. The minimum Gasteiger partial charge on any atom is -0.326 e. The van der Waals surface area contributed by atoms with Gasteiger partial charge in [0.25, 0.3) is 0 Å². The van der Waals surface area contributed by atoms with E-state index in [0.717, 1.165) is 25.0 Å². The van der Waals surface area contributed by atoms with Gasteiger partial charge in [0.2, 0.25) is 5.91 Å². The molecule has 0 bridgehead atoms. The Balaban J connectivity index is 2.07. The Kier molecular flexibility index (Phi) is 3.74. The number of hydrogen-bond acceptors (Lipinski definition) is 3. The third-order valence-corrected chi connectivity index (χ3v) is 4.94. The molecular weight excluding hydrogens is 232 g/mol. The zero-order valence-electron chi connectivity index (χ0n) is 11.3. The minimum absolute atomic E-state index is 0.0156. The standard InChI is InChI=1S/C13H24N2OS/c1-5-9-8-17-11-7-6-10(12(16)15(9)11)14-13(2,3)4/h9-11,14H,5-8H2,1-4H3. The summed E-state index contributed by atoms with van der Waals surface area (Å²) >= 11 is 1.96. The molecule has 0 aromatic heterocycles. The van der Waals surface area contributed by atoms with Crippen LogP contribution in [0.1, 0.15) is 47.0 Å². The van der Waals surface area contributed by atoms with E-state index in [1.54, 1.807) is 0 Å². The molecule has 2 aliphatic rings. The van der Waals surface area contributed by atoms with E-state index in [9.17, 15) is 4.79 Å². The normalized spacial score (nSPS) is 34.0. The SMILES string of the molecule is CCC1CSC2CCC(NC(C)(C)C)C(=O)N12. The lowest BCUT2D eigenvalue weighted by atomic mass is 9.98. The van der Waals surface area contributed by atoms with E-state index in [-0.39, 0.29) is 11.6 Å². The summed E-state index contributed by atoms with van der Waals surface area (Å²) in [5.41, 5.74) is 0.0156. The second-order valence-corrected chi connectivity index (χ2v) is 7.33. The van der Waals surface area contributed by atoms with E-state index in [1.807, 2.05) is 11.8 Å². The number of carbonyl (C=O) groups excluding carboxylic acids is 1. The Morgan fingerprint density at radius 3 is 2.71 bits per heavy atom. The molecule has 0 aliphatic carbocycles. The second kappa shape index (κ2) is 4.81. The molecule has 3 unspecified atom stereocenters. The molecule has 3 atom stereocenters. The average molecular weight is 256 g/mol. The Bertz CT molecular complexity index is 294. The van der Waals surface area contributed by atoms with Crippen LogP contribution in [-0.2, 0) is 4.79 Å². The first-order chi connectivity index (χ1) is 7.92. The fraction of sp³-hybridized carbons (Fsp3) is 0.923. The molecule has 0 saturated carbocycles. The molecule has 0 radical (unpaired) electrons. The maximum atomic E-state index is 12.5. The van der Waals surface area contributed by atoms with Gasteiger partial charge in [0.05, 0.1) is 11.4 Å². The summed E-state index contributed by atoms with van der Waals surface area (Å²) in [7, 11) is 0. The van der Waals surface area contributed by atoms with Crippen LogP contribution in [0, 0.1) is 0 Å². The van der Waals surface area contributed by atoms with Crippen molar-refractivity contribution in [3.63, 3.8) is 0 Å². The van der Waals surface area contributed by atoms with Crippen LogP contribution in [0.5, 0.6) is 0 Å². The maximum absolute atomic E-state index is 12.5. The summed E-state index contributed by atoms with van der Waals surface area (Å²) in [6.07, 6.45) is 3.21. The third-order valence-electron chi connectivity index (χ3n) is 3.52. The number of thioether (sulfide) groups is 1. The predicted octanol–water partition coefficient (Wildman–Crippen LogP) is 2.22. The summed E-state index contributed by atoms with van der Waals surface area (Å²) < 4.78 is 0. The van der Waals surface area contributed by atoms with Gasteiger partial charge in [0.1, 0.15) is 0 Å². The topological polar surface area (TPSA) is 32.3 Å². The lowest BCUT2D eigenvalue weighted by Gasteiger charge is -2.39. The highest BCUT2D eigenvalue weighted by Crippen LogP contribution is 2.37. The van der Waals surface area contributed by atoms with E-state index in [2.05, 4.69) is 37.9 Å². The largest absolute Gasteiger partial charge is 0.326 e. The summed E-state index contributed by atoms with van der Waals surface area (Å²) in [6, 6.07) is 0.487. The highest BCUT2D eigenvalue weighted by molar-refractivity contribution is 8.00. The van der Waals surface area contributed by atoms with Crippen LogP contribution in [-0.4, -0.2) is 39.6 Å². The van der Waals surface area contributed by atoms with Crippen LogP contribution in [0.2, 0.25) is 0 Å². The lowest BCUT2D eigenvalue weighted by molar-refractivity contribution is -0.139. The van der Waals surface area contributed by atoms with Crippen LogP contribution in [0.25, 0.3) is 0 Å². The highest BCUT2D eigenvalue weighted by Gasteiger charge is 2.43. The molecule has 17 heavy (non-hydrogen) atoms. The summed E-state index contributed by atoms with van der Waals surface area (Å²) in [5, 5.41) is 3.91. The number of rotatable bonds is 2. The first kappa shape index (κ1) is 13.2. The van der Waals surface area contributed by atoms with Gasteiger partial charge in [-0.2, -0.15) is 0 Å². The van der Waals surface area contributed by atoms with Crippen LogP contribution in [0.4, 0.5) is 0 Å². The van der Waals surface area contributed by atoms with E-state index >= 15 is 0 Å². The monoisotopic (exact) mass is 256 g/mol. The molecule has 2 heterocycles. The van der Waals surface area contributed by atoms with Crippen molar-refractivity contribution in [2.45, 2.75) is 70.0 Å². The molecule has 1 amide bonds. The van der Waals surface area contributed by atoms with Gasteiger partial charge >= 0.3 is 0 Å². The molecule has 2 fully saturated rings. The molecule has 0 spiro atoms. The number of fused-ring (bicyclic) bond motifs is 1. The number of nitrogens with zero attached hydrogens (tertiary/aromatic N) is 1. The summed E-state index contributed by atoms with van der Waals surface area (Å²) in [6.45, 7) is 8.56. The van der Waals surface area contributed by atoms with Crippen LogP contribution in [0.15, 0.2) is 0 Å². The number of carbonyl (C=O) groups is 1. The van der Waals surface area contributed by atoms with Crippen molar-refractivity contribution in [3.8, 4) is 0 Å². The second-order valence-electron chi connectivity index (χ2n) is 6.12. The Hall–Kier alpha value is -0.220. The van der Waals surface area contributed by atoms with E-state index in [0.29, 0.717) is 17.3 Å². The zero-order chi connectivity index (χ0) is 12.6. The quantitative estimate of drug-likeness (QED) is 0.822. The van der Waals surface area contributed by atoms with Crippen molar-refractivity contribution < 1.29 is 4.79 Å². The molecule has 2 saturated heterocycles. The number of piperidine rings is 1. The van der Waals surface area contributed by atoms with Crippen molar-refractivity contribution >= 4 is 17.7 Å². The third kappa shape index (κ3) is 2.79. The van der Waals surface area contributed by atoms with Crippen molar-refractivity contribution in [2.75, 3.05) is 5.75 Å². The molecule has 2 rings (SSSR count). The highest BCUT2D eigenvalue weighted by atomic mass is 32.2. The number of amides is 1. The predicted molar refractivity (Wildman–Crippen MR) is 73.1 cm³/mol. The first-order valence-electron chi connectivity index (χ1n) is 6.64.